The molecule has 0 aliphatic carbocycles. The molecule has 23 heavy (non-hydrogen) atoms. The Hall–Kier alpha value is -1.99. The van der Waals surface area contributed by atoms with Gasteiger partial charge in [0.25, 0.3) is 5.71 Å². The Bertz CT molecular complexity index is 827. The van der Waals surface area contributed by atoms with Crippen LogP contribution >= 0.6 is 11.3 Å². The summed E-state index contributed by atoms with van der Waals surface area (Å²) in [4.78, 5) is 12.5. The normalized spacial score (nSPS) is 16.4. The van der Waals surface area contributed by atoms with Gasteiger partial charge in [-0.05, 0) is 37.3 Å². The maximum absolute atomic E-state index is 5.19. The van der Waals surface area contributed by atoms with Crippen LogP contribution in [0.2, 0.25) is 0 Å². The highest BCUT2D eigenvalue weighted by molar-refractivity contribution is 7.10. The van der Waals surface area contributed by atoms with Gasteiger partial charge >= 0.3 is 0 Å². The number of nitrogens with zero attached hydrogens (tertiary/aromatic N) is 4. The van der Waals surface area contributed by atoms with E-state index in [9.17, 15) is 0 Å². The zero-order valence-corrected chi connectivity index (χ0v) is 14.1. The smallest absolute Gasteiger partial charge is 0.263 e. The van der Waals surface area contributed by atoms with Crippen LogP contribution in [0.15, 0.2) is 22.3 Å². The molecule has 1 atom stereocenters. The van der Waals surface area contributed by atoms with Crippen LogP contribution in [0.5, 0.6) is 0 Å². The first-order chi connectivity index (χ1) is 11.2. The van der Waals surface area contributed by atoms with Gasteiger partial charge in [-0.1, -0.05) is 5.16 Å². The fourth-order valence-corrected chi connectivity index (χ4v) is 3.97. The molecule has 0 saturated carbocycles. The molecule has 3 aromatic heterocycles. The highest BCUT2D eigenvalue weighted by Crippen LogP contribution is 2.26. The fourth-order valence-electron chi connectivity index (χ4n) is 3.08. The highest BCUT2D eigenvalue weighted by Gasteiger charge is 2.22. The first-order valence-corrected chi connectivity index (χ1v) is 8.70. The van der Waals surface area contributed by atoms with Crippen LogP contribution in [0.25, 0.3) is 11.1 Å². The molecule has 0 spiro atoms. The molecule has 3 aromatic rings. The number of nitrogens with one attached hydrogen (secondary N) is 1. The molecule has 0 radical (unpaired) electrons. The minimum Gasteiger partial charge on any atom is -0.368 e. The summed E-state index contributed by atoms with van der Waals surface area (Å²) in [7, 11) is 0. The van der Waals surface area contributed by atoms with Crippen LogP contribution in [-0.4, -0.2) is 39.2 Å². The van der Waals surface area contributed by atoms with E-state index in [-0.39, 0.29) is 0 Å². The van der Waals surface area contributed by atoms with Gasteiger partial charge in [0, 0.05) is 30.6 Å². The van der Waals surface area contributed by atoms with Crippen LogP contribution in [0.4, 0.5) is 5.82 Å². The predicted octanol–water partition coefficient (Wildman–Crippen LogP) is 2.85. The van der Waals surface area contributed by atoms with E-state index < -0.39 is 0 Å². The Morgan fingerprint density at radius 3 is 3.26 bits per heavy atom. The molecule has 7 heteroatoms. The third-order valence-corrected chi connectivity index (χ3v) is 5.49. The number of thiophene rings is 1. The van der Waals surface area contributed by atoms with Gasteiger partial charge in [0.05, 0.1) is 5.69 Å². The van der Waals surface area contributed by atoms with Crippen molar-refractivity contribution in [1.82, 2.24) is 20.0 Å². The van der Waals surface area contributed by atoms with Gasteiger partial charge in [-0.25, -0.2) is 4.98 Å². The minimum absolute atomic E-state index is 0.424. The lowest BCUT2D eigenvalue weighted by Crippen LogP contribution is -2.40. The molecule has 4 rings (SSSR count). The molecule has 1 aliphatic rings. The van der Waals surface area contributed by atoms with Crippen LogP contribution in [0, 0.1) is 6.92 Å². The van der Waals surface area contributed by atoms with E-state index in [1.54, 1.807) is 4.88 Å². The Balaban J connectivity index is 1.45. The lowest BCUT2D eigenvalue weighted by Gasteiger charge is -2.32. The first kappa shape index (κ1) is 14.6. The largest absolute Gasteiger partial charge is 0.368 e. The van der Waals surface area contributed by atoms with E-state index in [1.165, 1.54) is 11.9 Å². The molecule has 0 amide bonds. The third-order valence-electron chi connectivity index (χ3n) is 4.47. The summed E-state index contributed by atoms with van der Waals surface area (Å²) in [6, 6.07) is 2.68. The van der Waals surface area contributed by atoms with E-state index in [0.717, 1.165) is 43.0 Å². The maximum Gasteiger partial charge on any atom is 0.263 e. The SMILES string of the molecule is Cc1noc2ncnc(NC[C@H](C)N3CCc4sccc4C3)c12. The van der Waals surface area contributed by atoms with Gasteiger partial charge in [-0.15, -0.1) is 11.3 Å². The number of rotatable bonds is 4. The molecule has 6 nitrogen and oxygen atoms in total. The van der Waals surface area contributed by atoms with Crippen molar-refractivity contribution in [3.63, 3.8) is 0 Å². The summed E-state index contributed by atoms with van der Waals surface area (Å²) in [5, 5.41) is 10.5. The monoisotopic (exact) mass is 329 g/mol. The average Bonchev–Trinajstić information content (AvgIpc) is 3.19. The lowest BCUT2D eigenvalue weighted by atomic mass is 10.1. The number of fused-ring (bicyclic) bond motifs is 2. The van der Waals surface area contributed by atoms with Crippen LogP contribution in [-0.2, 0) is 13.0 Å². The van der Waals surface area contributed by atoms with Crippen LogP contribution in [0.3, 0.4) is 0 Å². The number of anilines is 1. The summed E-state index contributed by atoms with van der Waals surface area (Å²) >= 11 is 1.88. The lowest BCUT2D eigenvalue weighted by molar-refractivity contribution is 0.200. The zero-order chi connectivity index (χ0) is 15.8. The van der Waals surface area contributed by atoms with Crippen molar-refractivity contribution in [2.45, 2.75) is 32.9 Å². The van der Waals surface area contributed by atoms with Gasteiger partial charge < -0.3 is 9.84 Å². The molecule has 120 valence electrons. The van der Waals surface area contributed by atoms with E-state index in [1.807, 2.05) is 18.3 Å². The topological polar surface area (TPSA) is 67.1 Å². The van der Waals surface area contributed by atoms with Crippen molar-refractivity contribution in [1.29, 1.82) is 0 Å². The van der Waals surface area contributed by atoms with E-state index in [4.69, 9.17) is 4.52 Å². The van der Waals surface area contributed by atoms with Gasteiger partial charge in [0.2, 0.25) is 0 Å². The summed E-state index contributed by atoms with van der Waals surface area (Å²) in [5.41, 5.74) is 2.83. The van der Waals surface area contributed by atoms with Gasteiger partial charge in [-0.2, -0.15) is 4.98 Å². The van der Waals surface area contributed by atoms with Crippen LogP contribution in [0.1, 0.15) is 23.1 Å². The maximum atomic E-state index is 5.19. The molecule has 1 N–H and O–H groups in total. The van der Waals surface area contributed by atoms with Crippen molar-refractivity contribution in [3.8, 4) is 0 Å². The second-order valence-corrected chi connectivity index (χ2v) is 6.99. The molecule has 0 aromatic carbocycles. The molecular formula is C16H19N5OS. The van der Waals surface area contributed by atoms with Crippen molar-refractivity contribution < 1.29 is 4.52 Å². The number of aromatic nitrogens is 3. The first-order valence-electron chi connectivity index (χ1n) is 7.82. The average molecular weight is 329 g/mol. The van der Waals surface area contributed by atoms with Crippen molar-refractivity contribution in [2.75, 3.05) is 18.4 Å². The summed E-state index contributed by atoms with van der Waals surface area (Å²) in [6.45, 7) is 7.14. The van der Waals surface area contributed by atoms with Gasteiger partial charge in [-0.3, -0.25) is 4.90 Å². The molecule has 0 fully saturated rings. The van der Waals surface area contributed by atoms with E-state index in [2.05, 4.69) is 43.7 Å². The van der Waals surface area contributed by atoms with E-state index in [0.29, 0.717) is 11.8 Å². The van der Waals surface area contributed by atoms with Gasteiger partial charge in [0.15, 0.2) is 0 Å². The third kappa shape index (κ3) is 2.70. The molecule has 0 unspecified atom stereocenters. The second kappa shape index (κ2) is 5.90. The number of aryl methyl sites for hydroxylation is 1. The Labute approximate surface area is 138 Å². The Morgan fingerprint density at radius 1 is 1.43 bits per heavy atom. The van der Waals surface area contributed by atoms with E-state index >= 15 is 0 Å². The molecular weight excluding hydrogens is 310 g/mol. The minimum atomic E-state index is 0.424. The number of hydrogen-bond acceptors (Lipinski definition) is 7. The second-order valence-electron chi connectivity index (χ2n) is 5.99. The van der Waals surface area contributed by atoms with Gasteiger partial charge in [0.1, 0.15) is 17.5 Å². The summed E-state index contributed by atoms with van der Waals surface area (Å²) in [5.74, 6) is 0.800. The van der Waals surface area contributed by atoms with Crippen LogP contribution < -0.4 is 5.32 Å². The highest BCUT2D eigenvalue weighted by atomic mass is 32.1. The van der Waals surface area contributed by atoms with Crippen molar-refractivity contribution in [2.24, 2.45) is 0 Å². The molecule has 0 saturated heterocycles. The quantitative estimate of drug-likeness (QED) is 0.794. The van der Waals surface area contributed by atoms with Crippen molar-refractivity contribution in [3.05, 3.63) is 33.9 Å². The molecule has 4 heterocycles. The summed E-state index contributed by atoms with van der Waals surface area (Å²) < 4.78 is 5.19. The zero-order valence-electron chi connectivity index (χ0n) is 13.2. The standard InChI is InChI=1S/C16H19N5OS/c1-10(21-5-3-13-12(8-21)4-6-23-13)7-17-15-14-11(2)20-22-16(14)19-9-18-15/h4,6,9-10H,3,5,7-8H2,1-2H3,(H,17,18,19)/t10-/m0/s1. The molecule has 1 aliphatic heterocycles. The summed E-state index contributed by atoms with van der Waals surface area (Å²) in [6.07, 6.45) is 2.67. The predicted molar refractivity (Wildman–Crippen MR) is 90.7 cm³/mol. The van der Waals surface area contributed by atoms with Crippen molar-refractivity contribution >= 4 is 28.3 Å². The fraction of sp³-hybridized carbons (Fsp3) is 0.438. The Morgan fingerprint density at radius 2 is 2.35 bits per heavy atom. The molecule has 0 bridgehead atoms. The Kier molecular flexibility index (Phi) is 3.74. The number of hydrogen-bond donors (Lipinski definition) is 1.